The van der Waals surface area contributed by atoms with Gasteiger partial charge in [0.15, 0.2) is 0 Å². The summed E-state index contributed by atoms with van der Waals surface area (Å²) in [7, 11) is 0. The summed E-state index contributed by atoms with van der Waals surface area (Å²) in [6, 6.07) is 14.4. The van der Waals surface area contributed by atoms with E-state index in [2.05, 4.69) is 39.5 Å². The third-order valence-electron chi connectivity index (χ3n) is 4.68. The van der Waals surface area contributed by atoms with E-state index in [1.54, 1.807) is 6.20 Å². The van der Waals surface area contributed by atoms with Crippen LogP contribution >= 0.6 is 0 Å². The first-order chi connectivity index (χ1) is 11.1. The second-order valence-corrected chi connectivity index (χ2v) is 6.22. The molecule has 1 fully saturated rings. The van der Waals surface area contributed by atoms with Crippen molar-refractivity contribution in [1.29, 1.82) is 0 Å². The molecule has 2 aromatic rings. The molecular formula is C19H23N3O. The van der Waals surface area contributed by atoms with Gasteiger partial charge < -0.3 is 5.32 Å². The molecule has 0 bridgehead atoms. The second kappa shape index (κ2) is 6.50. The summed E-state index contributed by atoms with van der Waals surface area (Å²) in [4.78, 5) is 18.8. The lowest BCUT2D eigenvalue weighted by atomic mass is 9.85. The molecule has 0 saturated carbocycles. The minimum atomic E-state index is -0.365. The smallest absolute Gasteiger partial charge is 0.240 e. The van der Waals surface area contributed by atoms with Gasteiger partial charge in [-0.05, 0) is 38.0 Å². The van der Waals surface area contributed by atoms with Crippen LogP contribution in [-0.4, -0.2) is 34.4 Å². The zero-order valence-electron chi connectivity index (χ0n) is 13.7. The number of rotatable bonds is 5. The van der Waals surface area contributed by atoms with E-state index in [1.165, 1.54) is 5.56 Å². The molecule has 1 unspecified atom stereocenters. The lowest BCUT2D eigenvalue weighted by Crippen LogP contribution is -2.65. The van der Waals surface area contributed by atoms with Gasteiger partial charge in [-0.15, -0.1) is 0 Å². The molecule has 1 aromatic heterocycles. The number of pyridine rings is 1. The highest BCUT2D eigenvalue weighted by Gasteiger charge is 2.46. The van der Waals surface area contributed by atoms with Gasteiger partial charge in [-0.25, -0.2) is 0 Å². The topological polar surface area (TPSA) is 45.2 Å². The number of likely N-dealkylation sites (tertiary alicyclic amines) is 1. The Hall–Kier alpha value is -2.20. The highest BCUT2D eigenvalue weighted by Crippen LogP contribution is 2.32. The second-order valence-electron chi connectivity index (χ2n) is 6.22. The number of hydrogen-bond donors (Lipinski definition) is 1. The van der Waals surface area contributed by atoms with E-state index in [0.29, 0.717) is 6.54 Å². The van der Waals surface area contributed by atoms with Crippen LogP contribution in [0.25, 0.3) is 11.3 Å². The molecule has 2 heterocycles. The third-order valence-corrected chi connectivity index (χ3v) is 4.68. The molecule has 1 aromatic carbocycles. The van der Waals surface area contributed by atoms with Gasteiger partial charge in [0, 0.05) is 31.4 Å². The van der Waals surface area contributed by atoms with E-state index in [4.69, 9.17) is 0 Å². The lowest BCUT2D eigenvalue weighted by molar-refractivity contribution is -0.141. The maximum Gasteiger partial charge on any atom is 0.240 e. The number of likely N-dealkylation sites (N-methyl/N-ethyl adjacent to an activating group) is 1. The summed E-state index contributed by atoms with van der Waals surface area (Å²) in [6.07, 6.45) is 2.73. The molecule has 120 valence electrons. The molecule has 23 heavy (non-hydrogen) atoms. The average Bonchev–Trinajstić information content (AvgIpc) is 2.59. The zero-order chi connectivity index (χ0) is 16.3. The van der Waals surface area contributed by atoms with Crippen molar-refractivity contribution in [3.8, 4) is 11.3 Å². The number of amides is 1. The van der Waals surface area contributed by atoms with Crippen LogP contribution in [0.1, 0.15) is 25.8 Å². The van der Waals surface area contributed by atoms with Gasteiger partial charge in [-0.2, -0.15) is 0 Å². The van der Waals surface area contributed by atoms with Crippen LogP contribution in [0.4, 0.5) is 0 Å². The number of nitrogens with zero attached hydrogens (tertiary/aromatic N) is 2. The molecule has 0 spiro atoms. The van der Waals surface area contributed by atoms with Gasteiger partial charge >= 0.3 is 0 Å². The molecule has 1 aliphatic rings. The van der Waals surface area contributed by atoms with E-state index in [-0.39, 0.29) is 11.4 Å². The van der Waals surface area contributed by atoms with E-state index in [1.807, 2.05) is 32.0 Å². The largest absolute Gasteiger partial charge is 0.355 e. The fraction of sp³-hybridized carbons (Fsp3) is 0.368. The maximum atomic E-state index is 12.2. The fourth-order valence-corrected chi connectivity index (χ4v) is 3.00. The van der Waals surface area contributed by atoms with E-state index >= 15 is 0 Å². The number of carbonyl (C=O) groups excluding carboxylic acids is 1. The Kier molecular flexibility index (Phi) is 4.44. The number of benzene rings is 1. The monoisotopic (exact) mass is 309 g/mol. The number of carbonyl (C=O) groups is 1. The number of hydrogen-bond acceptors (Lipinski definition) is 3. The molecule has 1 N–H and O–H groups in total. The van der Waals surface area contributed by atoms with Crippen molar-refractivity contribution >= 4 is 5.91 Å². The van der Waals surface area contributed by atoms with Gasteiger partial charge in [-0.3, -0.25) is 14.7 Å². The van der Waals surface area contributed by atoms with Crippen LogP contribution in [0.15, 0.2) is 48.7 Å². The Morgan fingerprint density at radius 2 is 2.04 bits per heavy atom. The average molecular weight is 309 g/mol. The Balaban J connectivity index is 1.68. The Morgan fingerprint density at radius 1 is 1.26 bits per heavy atom. The summed E-state index contributed by atoms with van der Waals surface area (Å²) in [5.74, 6) is 0.136. The van der Waals surface area contributed by atoms with E-state index in [9.17, 15) is 4.79 Å². The molecule has 1 atom stereocenters. The lowest BCUT2D eigenvalue weighted by Gasteiger charge is -2.49. The molecule has 1 aliphatic heterocycles. The van der Waals surface area contributed by atoms with Crippen molar-refractivity contribution < 1.29 is 4.79 Å². The molecular weight excluding hydrogens is 286 g/mol. The predicted molar refractivity (Wildman–Crippen MR) is 91.8 cm³/mol. The Labute approximate surface area is 137 Å². The van der Waals surface area contributed by atoms with Crippen molar-refractivity contribution in [1.82, 2.24) is 15.2 Å². The highest BCUT2D eigenvalue weighted by atomic mass is 16.2. The molecule has 0 radical (unpaired) electrons. The summed E-state index contributed by atoms with van der Waals surface area (Å²) < 4.78 is 0. The molecule has 3 rings (SSSR count). The van der Waals surface area contributed by atoms with Gasteiger partial charge in [0.2, 0.25) is 5.91 Å². The summed E-state index contributed by atoms with van der Waals surface area (Å²) in [5, 5.41) is 2.95. The quantitative estimate of drug-likeness (QED) is 0.924. The van der Waals surface area contributed by atoms with Crippen LogP contribution in [0, 0.1) is 0 Å². The van der Waals surface area contributed by atoms with Crippen LogP contribution in [-0.2, 0) is 11.3 Å². The molecule has 1 amide bonds. The predicted octanol–water partition coefficient (Wildman–Crippen LogP) is 2.85. The van der Waals surface area contributed by atoms with Gasteiger partial charge in [-0.1, -0.05) is 30.3 Å². The number of nitrogens with one attached hydrogen (secondary N) is 1. The van der Waals surface area contributed by atoms with Crippen LogP contribution in [0.2, 0.25) is 0 Å². The summed E-state index contributed by atoms with van der Waals surface area (Å²) in [6.45, 7) is 6.44. The van der Waals surface area contributed by atoms with E-state index in [0.717, 1.165) is 30.8 Å². The van der Waals surface area contributed by atoms with Crippen LogP contribution in [0.5, 0.6) is 0 Å². The minimum absolute atomic E-state index is 0.136. The standard InChI is InChI=1S/C19H23N3O/c1-3-20-18(23)19(2)11-13-22(19)14-15-7-9-16(10-8-15)17-6-4-5-12-21-17/h4-10,12H,3,11,13-14H2,1-2H3,(H,20,23). The van der Waals surface area contributed by atoms with E-state index < -0.39 is 0 Å². The molecule has 4 heteroatoms. The Bertz CT molecular complexity index is 669. The first-order valence-electron chi connectivity index (χ1n) is 8.17. The summed E-state index contributed by atoms with van der Waals surface area (Å²) >= 11 is 0. The Morgan fingerprint density at radius 3 is 2.61 bits per heavy atom. The fourth-order valence-electron chi connectivity index (χ4n) is 3.00. The molecule has 1 saturated heterocycles. The van der Waals surface area contributed by atoms with Crippen LogP contribution < -0.4 is 5.32 Å². The first-order valence-corrected chi connectivity index (χ1v) is 8.17. The van der Waals surface area contributed by atoms with Gasteiger partial charge in [0.1, 0.15) is 0 Å². The van der Waals surface area contributed by atoms with Crippen molar-refractivity contribution in [3.05, 3.63) is 54.2 Å². The highest BCUT2D eigenvalue weighted by molar-refractivity contribution is 5.86. The summed E-state index contributed by atoms with van der Waals surface area (Å²) in [5.41, 5.74) is 2.95. The number of aromatic nitrogens is 1. The van der Waals surface area contributed by atoms with Gasteiger partial charge in [0.05, 0.1) is 11.2 Å². The third kappa shape index (κ3) is 3.13. The van der Waals surface area contributed by atoms with Crippen molar-refractivity contribution in [3.63, 3.8) is 0 Å². The normalized spacial score (nSPS) is 20.8. The SMILES string of the molecule is CCNC(=O)C1(C)CCN1Cc1ccc(-c2ccccn2)cc1. The van der Waals surface area contributed by atoms with Crippen molar-refractivity contribution in [2.75, 3.05) is 13.1 Å². The zero-order valence-corrected chi connectivity index (χ0v) is 13.7. The minimum Gasteiger partial charge on any atom is -0.355 e. The van der Waals surface area contributed by atoms with Crippen molar-refractivity contribution in [2.24, 2.45) is 0 Å². The van der Waals surface area contributed by atoms with Crippen molar-refractivity contribution in [2.45, 2.75) is 32.4 Å². The van der Waals surface area contributed by atoms with Gasteiger partial charge in [0.25, 0.3) is 0 Å². The molecule has 0 aliphatic carbocycles. The van der Waals surface area contributed by atoms with Crippen LogP contribution in [0.3, 0.4) is 0 Å². The maximum absolute atomic E-state index is 12.2. The first kappa shape index (κ1) is 15.7. The molecule has 4 nitrogen and oxygen atoms in total.